The number of piperidine rings is 1. The van der Waals surface area contributed by atoms with E-state index in [1.807, 2.05) is 4.90 Å². The quantitative estimate of drug-likeness (QED) is 0.642. The number of hydrogen-bond donors (Lipinski definition) is 2. The van der Waals surface area contributed by atoms with Crippen LogP contribution in [-0.2, 0) is 11.4 Å². The van der Waals surface area contributed by atoms with Gasteiger partial charge in [-0.3, -0.25) is 14.9 Å². The summed E-state index contributed by atoms with van der Waals surface area (Å²) in [5.74, 6) is -0.0569. The second-order valence-electron chi connectivity index (χ2n) is 5.05. The lowest BCUT2D eigenvalue weighted by Gasteiger charge is -2.36. The smallest absolute Gasteiger partial charge is 0.275 e. The predicted molar refractivity (Wildman–Crippen MR) is 78.1 cm³/mol. The number of nitrogens with zero attached hydrogens (tertiary/aromatic N) is 2. The Kier molecular flexibility index (Phi) is 4.74. The van der Waals surface area contributed by atoms with Crippen molar-refractivity contribution in [1.29, 1.82) is 0 Å². The summed E-state index contributed by atoms with van der Waals surface area (Å²) in [7, 11) is 1.60. The molecule has 1 amide bonds. The van der Waals surface area contributed by atoms with Gasteiger partial charge in [-0.15, -0.1) is 0 Å². The Labute approximate surface area is 122 Å². The predicted octanol–water partition coefficient (Wildman–Crippen LogP) is 1.19. The topological polar surface area (TPSA) is 95.7 Å². The van der Waals surface area contributed by atoms with Gasteiger partial charge in [0.1, 0.15) is 6.04 Å². The number of amides is 1. The number of rotatable bonds is 4. The number of nitro groups is 1. The fourth-order valence-electron chi connectivity index (χ4n) is 2.74. The summed E-state index contributed by atoms with van der Waals surface area (Å²) in [5.41, 5.74) is 0.895. The van der Waals surface area contributed by atoms with Crippen molar-refractivity contribution >= 4 is 17.3 Å². The molecule has 2 rings (SSSR count). The van der Waals surface area contributed by atoms with Crippen LogP contribution in [0.4, 0.5) is 11.4 Å². The highest BCUT2D eigenvalue weighted by Crippen LogP contribution is 2.29. The molecule has 7 heteroatoms. The minimum Gasteiger partial charge on any atom is -0.391 e. The Bertz CT molecular complexity index is 547. The number of likely N-dealkylation sites (N-methyl/N-ethyl adjacent to an activating group) is 1. The lowest BCUT2D eigenvalue weighted by atomic mass is 9.99. The van der Waals surface area contributed by atoms with Crippen LogP contribution in [0, 0.1) is 10.1 Å². The molecule has 114 valence electrons. The van der Waals surface area contributed by atoms with Crippen molar-refractivity contribution in [2.45, 2.75) is 31.9 Å². The van der Waals surface area contributed by atoms with Gasteiger partial charge in [-0.05, 0) is 31.4 Å². The van der Waals surface area contributed by atoms with Gasteiger partial charge in [0.05, 0.1) is 17.1 Å². The minimum atomic E-state index is -0.512. The van der Waals surface area contributed by atoms with Crippen LogP contribution in [0.1, 0.15) is 24.8 Å². The molecule has 1 unspecified atom stereocenters. The van der Waals surface area contributed by atoms with E-state index in [1.54, 1.807) is 19.2 Å². The molecule has 1 heterocycles. The standard InChI is InChI=1S/C14H19N3O4/c1-15-14(19)13-4-2-3-7-16(13)11-5-6-12(17(20)21)10(8-11)9-18/h5-6,8,13,18H,2-4,7,9H2,1H3,(H,15,19). The first-order chi connectivity index (χ1) is 10.1. The Morgan fingerprint density at radius 1 is 1.52 bits per heavy atom. The summed E-state index contributed by atoms with van der Waals surface area (Å²) in [6.45, 7) is 0.323. The molecule has 0 saturated carbocycles. The highest BCUT2D eigenvalue weighted by Gasteiger charge is 2.29. The lowest BCUT2D eigenvalue weighted by molar-refractivity contribution is -0.385. The normalized spacial score (nSPS) is 18.4. The van der Waals surface area contributed by atoms with Crippen LogP contribution in [0.5, 0.6) is 0 Å². The lowest BCUT2D eigenvalue weighted by Crippen LogP contribution is -2.48. The van der Waals surface area contributed by atoms with Crippen LogP contribution in [0.25, 0.3) is 0 Å². The van der Waals surface area contributed by atoms with Gasteiger partial charge in [-0.1, -0.05) is 0 Å². The zero-order valence-electron chi connectivity index (χ0n) is 11.9. The summed E-state index contributed by atoms with van der Waals surface area (Å²) < 4.78 is 0. The fraction of sp³-hybridized carbons (Fsp3) is 0.500. The summed E-state index contributed by atoms with van der Waals surface area (Å²) >= 11 is 0. The SMILES string of the molecule is CNC(=O)C1CCCCN1c1ccc([N+](=O)[O-])c(CO)c1. The number of nitro benzene ring substituents is 1. The number of nitrogens with one attached hydrogen (secondary N) is 1. The molecule has 21 heavy (non-hydrogen) atoms. The molecule has 1 aromatic rings. The molecule has 1 aromatic carbocycles. The van der Waals surface area contributed by atoms with Crippen molar-refractivity contribution in [3.8, 4) is 0 Å². The molecule has 1 saturated heterocycles. The summed E-state index contributed by atoms with van der Waals surface area (Å²) in [5, 5.41) is 22.9. The highest BCUT2D eigenvalue weighted by molar-refractivity contribution is 5.85. The van der Waals surface area contributed by atoms with Gasteiger partial charge >= 0.3 is 0 Å². The van der Waals surface area contributed by atoms with Crippen molar-refractivity contribution in [3.05, 3.63) is 33.9 Å². The molecule has 0 radical (unpaired) electrons. The third kappa shape index (κ3) is 3.13. The Morgan fingerprint density at radius 2 is 2.29 bits per heavy atom. The van der Waals surface area contributed by atoms with Crippen LogP contribution in [0.3, 0.4) is 0 Å². The van der Waals surface area contributed by atoms with Crippen LogP contribution in [0.15, 0.2) is 18.2 Å². The second-order valence-corrected chi connectivity index (χ2v) is 5.05. The first-order valence-electron chi connectivity index (χ1n) is 6.95. The Balaban J connectivity index is 2.34. The van der Waals surface area contributed by atoms with Gasteiger partial charge in [-0.25, -0.2) is 0 Å². The zero-order valence-corrected chi connectivity index (χ0v) is 11.9. The molecule has 0 spiro atoms. The van der Waals surface area contributed by atoms with Crippen LogP contribution < -0.4 is 10.2 Å². The molecular formula is C14H19N3O4. The van der Waals surface area contributed by atoms with E-state index in [0.717, 1.165) is 31.5 Å². The van der Waals surface area contributed by atoms with Crippen molar-refractivity contribution in [1.82, 2.24) is 5.32 Å². The molecule has 7 nitrogen and oxygen atoms in total. The number of aliphatic hydroxyl groups excluding tert-OH is 1. The third-order valence-electron chi connectivity index (χ3n) is 3.81. The number of benzene rings is 1. The average Bonchev–Trinajstić information content (AvgIpc) is 2.53. The largest absolute Gasteiger partial charge is 0.391 e. The maximum Gasteiger partial charge on any atom is 0.275 e. The second kappa shape index (κ2) is 6.53. The molecule has 1 atom stereocenters. The van der Waals surface area contributed by atoms with E-state index in [2.05, 4.69) is 5.32 Å². The third-order valence-corrected chi connectivity index (χ3v) is 3.81. The van der Waals surface area contributed by atoms with Gasteiger partial charge in [0.2, 0.25) is 5.91 Å². The van der Waals surface area contributed by atoms with Crippen molar-refractivity contribution in [3.63, 3.8) is 0 Å². The monoisotopic (exact) mass is 293 g/mol. The Hall–Kier alpha value is -2.15. The van der Waals surface area contributed by atoms with E-state index < -0.39 is 11.5 Å². The molecule has 0 aliphatic carbocycles. The van der Waals surface area contributed by atoms with Gasteiger partial charge in [0, 0.05) is 25.3 Å². The van der Waals surface area contributed by atoms with E-state index >= 15 is 0 Å². The summed E-state index contributed by atoms with van der Waals surface area (Å²) in [6, 6.07) is 4.35. The van der Waals surface area contributed by atoms with E-state index in [-0.39, 0.29) is 23.2 Å². The number of hydrogen-bond acceptors (Lipinski definition) is 5. The summed E-state index contributed by atoms with van der Waals surface area (Å²) in [4.78, 5) is 24.3. The molecular weight excluding hydrogens is 274 g/mol. The maximum atomic E-state index is 12.0. The molecule has 1 aliphatic heterocycles. The van der Waals surface area contributed by atoms with Gasteiger partial charge < -0.3 is 15.3 Å². The highest BCUT2D eigenvalue weighted by atomic mass is 16.6. The molecule has 2 N–H and O–H groups in total. The van der Waals surface area contributed by atoms with Crippen LogP contribution in [0.2, 0.25) is 0 Å². The number of aliphatic hydroxyl groups is 1. The zero-order chi connectivity index (χ0) is 15.4. The maximum absolute atomic E-state index is 12.0. The molecule has 0 bridgehead atoms. The van der Waals surface area contributed by atoms with Crippen molar-refractivity contribution in [2.24, 2.45) is 0 Å². The number of carbonyl (C=O) groups excluding carboxylic acids is 1. The van der Waals surface area contributed by atoms with E-state index in [9.17, 15) is 20.0 Å². The van der Waals surface area contributed by atoms with Gasteiger partial charge in [0.15, 0.2) is 0 Å². The average molecular weight is 293 g/mol. The number of carbonyl (C=O) groups is 1. The molecule has 0 aromatic heterocycles. The van der Waals surface area contributed by atoms with Crippen molar-refractivity contribution in [2.75, 3.05) is 18.5 Å². The first-order valence-corrected chi connectivity index (χ1v) is 6.95. The number of anilines is 1. The van der Waals surface area contributed by atoms with E-state index in [0.29, 0.717) is 0 Å². The minimum absolute atomic E-state index is 0.0569. The van der Waals surface area contributed by atoms with Crippen molar-refractivity contribution < 1.29 is 14.8 Å². The first kappa shape index (κ1) is 15.2. The summed E-state index contributed by atoms with van der Waals surface area (Å²) in [6.07, 6.45) is 2.71. The van der Waals surface area contributed by atoms with E-state index in [4.69, 9.17) is 0 Å². The van der Waals surface area contributed by atoms with Gasteiger partial charge in [-0.2, -0.15) is 0 Å². The van der Waals surface area contributed by atoms with E-state index in [1.165, 1.54) is 6.07 Å². The molecule has 1 fully saturated rings. The Morgan fingerprint density at radius 3 is 2.90 bits per heavy atom. The molecule has 1 aliphatic rings. The fourth-order valence-corrected chi connectivity index (χ4v) is 2.74. The van der Waals surface area contributed by atoms with Crippen LogP contribution >= 0.6 is 0 Å². The van der Waals surface area contributed by atoms with Crippen LogP contribution in [-0.4, -0.2) is 35.6 Å². The van der Waals surface area contributed by atoms with Gasteiger partial charge in [0.25, 0.3) is 5.69 Å².